The molecule has 24 heavy (non-hydrogen) atoms. The van der Waals surface area contributed by atoms with Gasteiger partial charge in [-0.15, -0.1) is 0 Å². The molecule has 0 saturated heterocycles. The molecule has 0 fully saturated rings. The first-order chi connectivity index (χ1) is 11.5. The van der Waals surface area contributed by atoms with E-state index < -0.39 is 23.9 Å². The molecule has 2 aromatic rings. The van der Waals surface area contributed by atoms with E-state index in [1.807, 2.05) is 50.2 Å². The van der Waals surface area contributed by atoms with Crippen LogP contribution < -0.4 is 5.73 Å². The van der Waals surface area contributed by atoms with Crippen LogP contribution in [0.5, 0.6) is 0 Å². The van der Waals surface area contributed by atoms with Crippen molar-refractivity contribution in [2.45, 2.75) is 32.3 Å². The monoisotopic (exact) mass is 325 g/mol. The maximum absolute atomic E-state index is 12.8. The van der Waals surface area contributed by atoms with E-state index in [2.05, 4.69) is 0 Å². The summed E-state index contributed by atoms with van der Waals surface area (Å²) in [7, 11) is 0. The summed E-state index contributed by atoms with van der Waals surface area (Å²) < 4.78 is 5.52. The summed E-state index contributed by atoms with van der Waals surface area (Å²) in [5, 5.41) is 0. The fraction of sp³-hybridized carbons (Fsp3) is 0.300. The molecule has 0 aromatic heterocycles. The van der Waals surface area contributed by atoms with Crippen molar-refractivity contribution in [3.8, 4) is 0 Å². The minimum atomic E-state index is -1.08. The lowest BCUT2D eigenvalue weighted by molar-refractivity contribution is -0.158. The van der Waals surface area contributed by atoms with Gasteiger partial charge in [0.1, 0.15) is 0 Å². The fourth-order valence-corrected chi connectivity index (χ4v) is 2.70. The second-order valence-electron chi connectivity index (χ2n) is 5.90. The van der Waals surface area contributed by atoms with Gasteiger partial charge in [0, 0.05) is 5.56 Å². The fourth-order valence-electron chi connectivity index (χ4n) is 2.70. The minimum absolute atomic E-state index is 0.0872. The molecule has 4 heteroatoms. The zero-order valence-corrected chi connectivity index (χ0v) is 14.0. The molecule has 0 aliphatic rings. The minimum Gasteiger partial charge on any atom is -0.447 e. The van der Waals surface area contributed by atoms with Gasteiger partial charge in [-0.2, -0.15) is 0 Å². The van der Waals surface area contributed by atoms with E-state index >= 15 is 0 Å². The molecule has 0 aliphatic heterocycles. The van der Waals surface area contributed by atoms with Crippen molar-refractivity contribution in [3.05, 3.63) is 71.8 Å². The summed E-state index contributed by atoms with van der Waals surface area (Å²) in [5.74, 6) is -1.44. The Morgan fingerprint density at radius 2 is 1.46 bits per heavy atom. The summed E-state index contributed by atoms with van der Waals surface area (Å²) in [6.45, 7) is 4.03. The Morgan fingerprint density at radius 1 is 0.958 bits per heavy atom. The number of amides is 1. The van der Waals surface area contributed by atoms with Gasteiger partial charge in [-0.3, -0.25) is 9.59 Å². The first-order valence-electron chi connectivity index (χ1n) is 8.14. The molecule has 3 unspecified atom stereocenters. The average molecular weight is 325 g/mol. The van der Waals surface area contributed by atoms with Crippen LogP contribution in [0, 0.1) is 5.92 Å². The van der Waals surface area contributed by atoms with E-state index in [9.17, 15) is 9.59 Å². The highest BCUT2D eigenvalue weighted by molar-refractivity contribution is 5.86. The van der Waals surface area contributed by atoms with E-state index in [1.54, 1.807) is 24.3 Å². The Bertz CT molecular complexity index is 670. The Labute approximate surface area is 142 Å². The van der Waals surface area contributed by atoms with Gasteiger partial charge in [0.25, 0.3) is 5.91 Å². The van der Waals surface area contributed by atoms with Crippen molar-refractivity contribution in [2.24, 2.45) is 11.7 Å². The third kappa shape index (κ3) is 4.22. The topological polar surface area (TPSA) is 69.4 Å². The number of primary amides is 1. The molecule has 2 aromatic carbocycles. The van der Waals surface area contributed by atoms with Crippen LogP contribution in [0.1, 0.15) is 43.4 Å². The number of hydrogen-bond donors (Lipinski definition) is 1. The number of rotatable bonds is 7. The highest BCUT2D eigenvalue weighted by Gasteiger charge is 2.31. The van der Waals surface area contributed by atoms with Gasteiger partial charge >= 0.3 is 5.97 Å². The third-order valence-electron chi connectivity index (χ3n) is 4.22. The number of esters is 1. The summed E-state index contributed by atoms with van der Waals surface area (Å²) in [6.07, 6.45) is -0.254. The summed E-state index contributed by atoms with van der Waals surface area (Å²) in [5.41, 5.74) is 6.91. The van der Waals surface area contributed by atoms with Crippen molar-refractivity contribution in [2.75, 3.05) is 0 Å². The lowest BCUT2D eigenvalue weighted by Gasteiger charge is -2.24. The van der Waals surface area contributed by atoms with Crippen molar-refractivity contribution in [3.63, 3.8) is 0 Å². The SMILES string of the molecule is CCC(C)C(C(=O)OC(C(N)=O)c1ccccc1)c1ccccc1. The van der Waals surface area contributed by atoms with Crippen molar-refractivity contribution in [1.82, 2.24) is 0 Å². The largest absolute Gasteiger partial charge is 0.447 e. The van der Waals surface area contributed by atoms with E-state index in [0.717, 1.165) is 12.0 Å². The summed E-state index contributed by atoms with van der Waals surface area (Å²) >= 11 is 0. The zero-order valence-electron chi connectivity index (χ0n) is 14.0. The number of nitrogens with two attached hydrogens (primary N) is 1. The lowest BCUT2D eigenvalue weighted by Crippen LogP contribution is -2.30. The van der Waals surface area contributed by atoms with E-state index in [-0.39, 0.29) is 5.92 Å². The average Bonchev–Trinajstić information content (AvgIpc) is 2.61. The maximum Gasteiger partial charge on any atom is 0.314 e. The van der Waals surface area contributed by atoms with Gasteiger partial charge in [-0.25, -0.2) is 0 Å². The predicted molar refractivity (Wildman–Crippen MR) is 93.1 cm³/mol. The van der Waals surface area contributed by atoms with Crippen LogP contribution in [0.3, 0.4) is 0 Å². The van der Waals surface area contributed by atoms with Crippen LogP contribution in [-0.2, 0) is 14.3 Å². The van der Waals surface area contributed by atoms with E-state index in [4.69, 9.17) is 10.5 Å². The molecular weight excluding hydrogens is 302 g/mol. The van der Waals surface area contributed by atoms with Gasteiger partial charge in [0.2, 0.25) is 6.10 Å². The quantitative estimate of drug-likeness (QED) is 0.791. The Kier molecular flexibility index (Phi) is 6.13. The molecular formula is C20H23NO3. The smallest absolute Gasteiger partial charge is 0.314 e. The molecule has 1 amide bonds. The molecule has 0 radical (unpaired) electrons. The molecule has 0 heterocycles. The molecule has 0 saturated carbocycles. The normalized spacial score (nSPS) is 14.4. The van der Waals surface area contributed by atoms with Gasteiger partial charge in [0.05, 0.1) is 5.92 Å². The highest BCUT2D eigenvalue weighted by Crippen LogP contribution is 2.30. The van der Waals surface area contributed by atoms with Crippen LogP contribution in [0.4, 0.5) is 0 Å². The summed E-state index contributed by atoms with van der Waals surface area (Å²) in [4.78, 5) is 24.6. The molecule has 0 bridgehead atoms. The van der Waals surface area contributed by atoms with Gasteiger partial charge in [-0.05, 0) is 11.5 Å². The molecule has 2 N–H and O–H groups in total. The second-order valence-corrected chi connectivity index (χ2v) is 5.90. The molecule has 126 valence electrons. The molecule has 2 rings (SSSR count). The van der Waals surface area contributed by atoms with Crippen molar-refractivity contribution < 1.29 is 14.3 Å². The Balaban J connectivity index is 2.27. The van der Waals surface area contributed by atoms with E-state index in [0.29, 0.717) is 5.56 Å². The second kappa shape index (κ2) is 8.29. The molecule has 0 aliphatic carbocycles. The number of ether oxygens (including phenoxy) is 1. The van der Waals surface area contributed by atoms with E-state index in [1.165, 1.54) is 0 Å². The standard InChI is InChI=1S/C20H23NO3/c1-3-14(2)17(15-10-6-4-7-11-15)20(23)24-18(19(21)22)16-12-8-5-9-13-16/h4-14,17-18H,3H2,1-2H3,(H2,21,22). The zero-order chi connectivity index (χ0) is 17.5. The molecule has 4 nitrogen and oxygen atoms in total. The third-order valence-corrected chi connectivity index (χ3v) is 4.22. The predicted octanol–water partition coefficient (Wildman–Crippen LogP) is 3.59. The van der Waals surface area contributed by atoms with Crippen LogP contribution in [0.25, 0.3) is 0 Å². The Morgan fingerprint density at radius 3 is 1.92 bits per heavy atom. The lowest BCUT2D eigenvalue weighted by atomic mass is 9.85. The van der Waals surface area contributed by atoms with Gasteiger partial charge in [-0.1, -0.05) is 80.9 Å². The van der Waals surface area contributed by atoms with Crippen molar-refractivity contribution >= 4 is 11.9 Å². The first kappa shape index (κ1) is 17.7. The van der Waals surface area contributed by atoms with Crippen LogP contribution >= 0.6 is 0 Å². The highest BCUT2D eigenvalue weighted by atomic mass is 16.5. The molecule has 3 atom stereocenters. The summed E-state index contributed by atoms with van der Waals surface area (Å²) in [6, 6.07) is 18.3. The van der Waals surface area contributed by atoms with Gasteiger partial charge < -0.3 is 10.5 Å². The van der Waals surface area contributed by atoms with Crippen LogP contribution in [0.15, 0.2) is 60.7 Å². The Hall–Kier alpha value is -2.62. The van der Waals surface area contributed by atoms with Crippen LogP contribution in [0.2, 0.25) is 0 Å². The number of benzene rings is 2. The first-order valence-corrected chi connectivity index (χ1v) is 8.14. The maximum atomic E-state index is 12.8. The van der Waals surface area contributed by atoms with Crippen LogP contribution in [-0.4, -0.2) is 11.9 Å². The number of hydrogen-bond acceptors (Lipinski definition) is 3. The number of carbonyl (C=O) groups is 2. The van der Waals surface area contributed by atoms with Gasteiger partial charge in [0.15, 0.2) is 0 Å². The van der Waals surface area contributed by atoms with Crippen molar-refractivity contribution in [1.29, 1.82) is 0 Å². The molecule has 0 spiro atoms. The number of carbonyl (C=O) groups excluding carboxylic acids is 2.